The third-order valence-electron chi connectivity index (χ3n) is 12.8. The number of H-pyrrole nitrogens is 1. The second-order valence-corrected chi connectivity index (χ2v) is 20.0. The molecule has 9 rings (SSSR count). The number of hydrogen-bond acceptors (Lipinski definition) is 11. The van der Waals surface area contributed by atoms with Crippen LogP contribution in [0.2, 0.25) is 0 Å². The molecule has 4 aromatic rings. The van der Waals surface area contributed by atoms with Crippen LogP contribution >= 0.6 is 0 Å². The molecule has 2 aromatic carbocycles. The van der Waals surface area contributed by atoms with Gasteiger partial charge in [-0.15, -0.1) is 0 Å². The van der Waals surface area contributed by atoms with E-state index in [2.05, 4.69) is 49.5 Å². The first-order chi connectivity index (χ1) is 28.8. The summed E-state index contributed by atoms with van der Waals surface area (Å²) >= 11 is 0. The number of aromatic nitrogens is 2. The van der Waals surface area contributed by atoms with Gasteiger partial charge in [-0.1, -0.05) is 45.8 Å². The zero-order valence-electron chi connectivity index (χ0n) is 35.6. The Balaban J connectivity index is 0.000000233. The van der Waals surface area contributed by atoms with Crippen LogP contribution in [0.1, 0.15) is 96.3 Å². The van der Waals surface area contributed by atoms with E-state index in [1.54, 1.807) is 18.3 Å². The van der Waals surface area contributed by atoms with Crippen molar-refractivity contribution < 1.29 is 36.7 Å². The molecule has 0 radical (unpaired) electrons. The van der Waals surface area contributed by atoms with Crippen molar-refractivity contribution in [2.24, 2.45) is 16.2 Å². The topological polar surface area (TPSA) is 192 Å². The van der Waals surface area contributed by atoms with Crippen LogP contribution in [-0.4, -0.2) is 79.2 Å². The molecule has 4 aliphatic carbocycles. The maximum Gasteiger partial charge on any atom is 0.312 e. The molecule has 16 heteroatoms. The number of fused-ring (bicyclic) bond motifs is 1. The number of carbonyl (C=O) groups excluding carboxylic acids is 1. The van der Waals surface area contributed by atoms with Crippen LogP contribution in [0.5, 0.6) is 17.2 Å². The molecule has 61 heavy (non-hydrogen) atoms. The number of rotatable bonds is 14. The van der Waals surface area contributed by atoms with Gasteiger partial charge in [-0.2, -0.15) is 0 Å². The van der Waals surface area contributed by atoms with E-state index in [9.17, 15) is 27.7 Å². The summed E-state index contributed by atoms with van der Waals surface area (Å²) in [5, 5.41) is 12.4. The molecule has 3 heterocycles. The number of nitrogens with one attached hydrogen (secondary N) is 2. The van der Waals surface area contributed by atoms with E-state index >= 15 is 0 Å². The number of pyridine rings is 1. The lowest BCUT2D eigenvalue weighted by Gasteiger charge is -2.72. The Morgan fingerprint density at radius 1 is 1.03 bits per heavy atom. The van der Waals surface area contributed by atoms with Gasteiger partial charge in [0.15, 0.2) is 5.75 Å². The Kier molecular flexibility index (Phi) is 12.3. The van der Waals surface area contributed by atoms with E-state index in [0.29, 0.717) is 16.5 Å². The van der Waals surface area contributed by atoms with Crippen LogP contribution < -0.4 is 19.9 Å². The summed E-state index contributed by atoms with van der Waals surface area (Å²) in [6.45, 7) is 15.6. The van der Waals surface area contributed by atoms with Crippen molar-refractivity contribution >= 4 is 38.3 Å². The number of benzene rings is 2. The minimum atomic E-state index is -4.60. The fourth-order valence-corrected chi connectivity index (χ4v) is 10.6. The molecule has 2 bridgehead atoms. The number of amides is 1. The van der Waals surface area contributed by atoms with Gasteiger partial charge in [0.25, 0.3) is 15.9 Å². The fraction of sp³-hybridized carbons (Fsp3) is 0.511. The highest BCUT2D eigenvalue weighted by Gasteiger charge is 2.66. The lowest BCUT2D eigenvalue weighted by molar-refractivity contribution is -0.386. The maximum atomic E-state index is 14.9. The number of likely N-dealkylation sites (N-methyl/N-ethyl adjacent to an activating group) is 1. The second-order valence-electron chi connectivity index (χ2n) is 18.3. The van der Waals surface area contributed by atoms with Gasteiger partial charge in [0.2, 0.25) is 0 Å². The molecular weight excluding hydrogens is 804 g/mol. The number of nitrogen functional groups attached to an aromatic ring is 1. The average molecular weight is 861 g/mol. The van der Waals surface area contributed by atoms with Gasteiger partial charge in [-0.25, -0.2) is 22.5 Å². The summed E-state index contributed by atoms with van der Waals surface area (Å²) in [4.78, 5) is 33.1. The van der Waals surface area contributed by atoms with Crippen LogP contribution in [-0.2, 0) is 14.8 Å². The second kappa shape index (κ2) is 17.0. The van der Waals surface area contributed by atoms with Crippen molar-refractivity contribution in [2.45, 2.75) is 96.5 Å². The third-order valence-corrected chi connectivity index (χ3v) is 14.2. The Morgan fingerprint density at radius 3 is 2.43 bits per heavy atom. The van der Waals surface area contributed by atoms with Crippen molar-refractivity contribution in [3.05, 3.63) is 87.7 Å². The van der Waals surface area contributed by atoms with Crippen molar-refractivity contribution in [3.8, 4) is 17.2 Å². The van der Waals surface area contributed by atoms with Gasteiger partial charge in [-0.05, 0) is 104 Å². The molecule has 3 saturated carbocycles. The molecule has 2 aromatic heterocycles. The molecule has 1 aliphatic heterocycles. The summed E-state index contributed by atoms with van der Waals surface area (Å²) in [7, 11) is -4.60. The molecule has 0 atom stereocenters. The van der Waals surface area contributed by atoms with Crippen molar-refractivity contribution in [2.75, 3.05) is 45.2 Å². The van der Waals surface area contributed by atoms with E-state index in [4.69, 9.17) is 19.9 Å². The van der Waals surface area contributed by atoms with Gasteiger partial charge in [0.1, 0.15) is 29.4 Å². The number of sulfonamides is 1. The summed E-state index contributed by atoms with van der Waals surface area (Å²) < 4.78 is 59.2. The molecule has 0 spiro atoms. The van der Waals surface area contributed by atoms with Crippen molar-refractivity contribution in [1.82, 2.24) is 19.6 Å². The number of nitrogens with two attached hydrogens (primary N) is 1. The SMILES string of the molecule is CCN(CC)CC1=C(C23CC(C)(C2)C3)CC(C)(C)CC1.Nc1ccc(C(=O)NS(=O)(=O)c2ccc(OCC3(F)CCOCC3)c([N+](=O)[O-])c2)c(Oc2cnc3[nH]ccc3c2)c1. The Bertz CT molecular complexity index is 2420. The number of nitrogens with zero attached hydrogens (tertiary/aromatic N) is 3. The summed E-state index contributed by atoms with van der Waals surface area (Å²) in [6.07, 6.45) is 11.8. The predicted octanol–water partition coefficient (Wildman–Crippen LogP) is 8.89. The van der Waals surface area contributed by atoms with Crippen LogP contribution in [0, 0.1) is 26.4 Å². The first-order valence-electron chi connectivity index (χ1n) is 21.0. The average Bonchev–Trinajstić information content (AvgIpc) is 3.66. The lowest BCUT2D eigenvalue weighted by atomic mass is 9.33. The standard InChI is InChI=1S/C26H24FN5O8S.C19H33N/c27-26(6-9-38-10-7-26)15-39-22-4-2-19(13-21(22)32(34)35)41(36,37)31-25(33)20-3-1-17(28)12-23(20)40-18-11-16-5-8-29-24(16)30-14-18;1-6-20(7-2)11-15-8-9-17(3,4)10-16(15)19-12-18(5,13-19)14-19/h1-5,8,11-14H,6-7,9-10,15,28H2,(H,29,30)(H,31,33);6-14H2,1-5H3. The molecule has 1 amide bonds. The first-order valence-corrected chi connectivity index (χ1v) is 22.5. The molecule has 1 saturated heterocycles. The number of alkyl halides is 1. The number of carbonyl (C=O) groups is 1. The Hall–Kier alpha value is -5.06. The molecule has 5 aliphatic rings. The minimum Gasteiger partial charge on any atom is -0.483 e. The number of ether oxygens (including phenoxy) is 3. The van der Waals surface area contributed by atoms with E-state index in [1.165, 1.54) is 82.6 Å². The molecular formula is C45H57FN6O8S. The van der Waals surface area contributed by atoms with Gasteiger partial charge in [0.05, 0.1) is 21.6 Å². The number of anilines is 1. The van der Waals surface area contributed by atoms with Crippen LogP contribution in [0.25, 0.3) is 11.0 Å². The van der Waals surface area contributed by atoms with Gasteiger partial charge in [-0.3, -0.25) is 19.8 Å². The molecule has 0 unspecified atom stereocenters. The maximum absolute atomic E-state index is 14.9. The number of nitro groups is 1. The molecule has 14 nitrogen and oxygen atoms in total. The zero-order chi connectivity index (χ0) is 43.8. The van der Waals surface area contributed by atoms with Crippen molar-refractivity contribution in [1.29, 1.82) is 0 Å². The first kappa shape index (κ1) is 44.0. The number of allylic oxidation sites excluding steroid dienone is 1. The number of nitro benzene ring substituents is 1. The quantitative estimate of drug-likeness (QED) is 0.0475. The summed E-state index contributed by atoms with van der Waals surface area (Å²) in [5.74, 6) is -1.16. The smallest absolute Gasteiger partial charge is 0.312 e. The minimum absolute atomic E-state index is 0.0441. The highest BCUT2D eigenvalue weighted by atomic mass is 32.2. The number of aromatic amines is 1. The normalized spacial score (nSPS) is 22.7. The van der Waals surface area contributed by atoms with Crippen LogP contribution in [0.15, 0.2) is 77.0 Å². The van der Waals surface area contributed by atoms with E-state index < -0.39 is 43.7 Å². The lowest BCUT2D eigenvalue weighted by Crippen LogP contribution is -2.61. The fourth-order valence-electron chi connectivity index (χ4n) is 9.57. The third kappa shape index (κ3) is 9.71. The van der Waals surface area contributed by atoms with Crippen LogP contribution in [0.4, 0.5) is 15.8 Å². The highest BCUT2D eigenvalue weighted by molar-refractivity contribution is 7.90. The largest absolute Gasteiger partial charge is 0.483 e. The van der Waals surface area contributed by atoms with E-state index in [1.807, 2.05) is 15.9 Å². The highest BCUT2D eigenvalue weighted by Crippen LogP contribution is 2.77. The summed E-state index contributed by atoms with van der Waals surface area (Å²) in [5.41, 5.74) is 9.78. The van der Waals surface area contributed by atoms with Gasteiger partial charge in [0, 0.05) is 62.0 Å². The zero-order valence-corrected chi connectivity index (χ0v) is 36.5. The molecule has 4 N–H and O–H groups in total. The van der Waals surface area contributed by atoms with Gasteiger partial charge < -0.3 is 24.9 Å². The van der Waals surface area contributed by atoms with Gasteiger partial charge >= 0.3 is 5.69 Å². The van der Waals surface area contributed by atoms with E-state index in [0.717, 1.165) is 29.0 Å². The monoisotopic (exact) mass is 860 g/mol. The molecule has 4 fully saturated rings. The van der Waals surface area contributed by atoms with E-state index in [-0.39, 0.29) is 54.6 Å². The molecule has 328 valence electrons. The number of halogens is 1. The predicted molar refractivity (Wildman–Crippen MR) is 231 cm³/mol. The number of hydrogen-bond donors (Lipinski definition) is 3. The Labute approximate surface area is 356 Å². The van der Waals surface area contributed by atoms with Crippen LogP contribution in [0.3, 0.4) is 0 Å². The summed E-state index contributed by atoms with van der Waals surface area (Å²) in [6, 6.07) is 10.2. The van der Waals surface area contributed by atoms with Crippen molar-refractivity contribution in [3.63, 3.8) is 0 Å². The Morgan fingerprint density at radius 2 is 1.75 bits per heavy atom.